The van der Waals surface area contributed by atoms with Gasteiger partial charge in [-0.1, -0.05) is 19.3 Å². The van der Waals surface area contributed by atoms with Gasteiger partial charge in [-0.15, -0.1) is 11.3 Å². The molecular formula is C13H18N2O2S. The molecule has 1 aromatic heterocycles. The third-order valence-corrected chi connectivity index (χ3v) is 4.07. The minimum absolute atomic E-state index is 0.0198. The maximum absolute atomic E-state index is 11.8. The standard InChI is InChI=1S/C13H18N2O2S/c1-9(16)11-8-18-13(14-11)15-12(17)7-10-5-3-2-4-6-10/h8,10H,2-7H2,1H3,(H,14,15,17). The normalized spacial score (nSPS) is 16.5. The fourth-order valence-electron chi connectivity index (χ4n) is 2.32. The van der Waals surface area contributed by atoms with Gasteiger partial charge in [0, 0.05) is 18.7 Å². The quantitative estimate of drug-likeness (QED) is 0.851. The number of hydrogen-bond acceptors (Lipinski definition) is 4. The van der Waals surface area contributed by atoms with Crippen LogP contribution in [0.4, 0.5) is 5.13 Å². The summed E-state index contributed by atoms with van der Waals surface area (Å²) in [7, 11) is 0. The Bertz CT molecular complexity index is 436. The van der Waals surface area contributed by atoms with Crippen molar-refractivity contribution in [2.75, 3.05) is 5.32 Å². The number of ketones is 1. The van der Waals surface area contributed by atoms with Crippen LogP contribution in [0.5, 0.6) is 0 Å². The summed E-state index contributed by atoms with van der Waals surface area (Å²) in [6.45, 7) is 1.47. The van der Waals surface area contributed by atoms with E-state index in [9.17, 15) is 9.59 Å². The number of carbonyl (C=O) groups excluding carboxylic acids is 2. The van der Waals surface area contributed by atoms with Gasteiger partial charge in [0.2, 0.25) is 5.91 Å². The molecule has 1 N–H and O–H groups in total. The molecule has 1 heterocycles. The summed E-state index contributed by atoms with van der Waals surface area (Å²) < 4.78 is 0. The number of anilines is 1. The van der Waals surface area contributed by atoms with Crippen LogP contribution in [0.25, 0.3) is 0 Å². The van der Waals surface area contributed by atoms with E-state index < -0.39 is 0 Å². The maximum atomic E-state index is 11.8. The second-order valence-corrected chi connectivity index (χ2v) is 5.71. The first-order valence-corrected chi connectivity index (χ1v) is 7.29. The SMILES string of the molecule is CC(=O)c1csc(NC(=O)CC2CCCCC2)n1. The molecular weight excluding hydrogens is 248 g/mol. The highest BCUT2D eigenvalue weighted by molar-refractivity contribution is 7.14. The summed E-state index contributed by atoms with van der Waals surface area (Å²) in [6, 6.07) is 0. The van der Waals surface area contributed by atoms with Crippen LogP contribution in [0.2, 0.25) is 0 Å². The van der Waals surface area contributed by atoms with E-state index in [4.69, 9.17) is 0 Å². The lowest BCUT2D eigenvalue weighted by Crippen LogP contribution is -2.18. The number of aromatic nitrogens is 1. The molecule has 0 aromatic carbocycles. The third kappa shape index (κ3) is 3.63. The van der Waals surface area contributed by atoms with E-state index >= 15 is 0 Å². The fourth-order valence-corrected chi connectivity index (χ4v) is 3.08. The molecule has 1 aromatic rings. The van der Waals surface area contributed by atoms with Crippen LogP contribution < -0.4 is 5.32 Å². The number of nitrogens with one attached hydrogen (secondary N) is 1. The zero-order valence-electron chi connectivity index (χ0n) is 10.6. The molecule has 0 saturated heterocycles. The van der Waals surface area contributed by atoms with E-state index in [1.54, 1.807) is 5.38 Å². The van der Waals surface area contributed by atoms with Crippen LogP contribution >= 0.6 is 11.3 Å². The Labute approximate surface area is 111 Å². The van der Waals surface area contributed by atoms with Crippen molar-refractivity contribution in [3.05, 3.63) is 11.1 Å². The maximum Gasteiger partial charge on any atom is 0.226 e. The first-order chi connectivity index (χ1) is 8.65. The number of amides is 1. The highest BCUT2D eigenvalue weighted by Crippen LogP contribution is 2.26. The zero-order chi connectivity index (χ0) is 13.0. The highest BCUT2D eigenvalue weighted by atomic mass is 32.1. The van der Waals surface area contributed by atoms with E-state index in [0.29, 0.717) is 23.2 Å². The fraction of sp³-hybridized carbons (Fsp3) is 0.615. The summed E-state index contributed by atoms with van der Waals surface area (Å²) in [6.07, 6.45) is 6.67. The van der Waals surface area contributed by atoms with Gasteiger partial charge in [-0.2, -0.15) is 0 Å². The summed E-state index contributed by atoms with van der Waals surface area (Å²) in [4.78, 5) is 27.0. The highest BCUT2D eigenvalue weighted by Gasteiger charge is 2.17. The second-order valence-electron chi connectivity index (χ2n) is 4.85. The summed E-state index contributed by atoms with van der Waals surface area (Å²) in [5.41, 5.74) is 0.424. The molecule has 18 heavy (non-hydrogen) atoms. The average molecular weight is 266 g/mol. The molecule has 0 radical (unpaired) electrons. The summed E-state index contributed by atoms with van der Waals surface area (Å²) >= 11 is 1.30. The minimum Gasteiger partial charge on any atom is -0.302 e. The van der Waals surface area contributed by atoms with Crippen molar-refractivity contribution in [2.45, 2.75) is 45.4 Å². The largest absolute Gasteiger partial charge is 0.302 e. The molecule has 1 saturated carbocycles. The van der Waals surface area contributed by atoms with Gasteiger partial charge in [-0.25, -0.2) is 4.98 Å². The summed E-state index contributed by atoms with van der Waals surface area (Å²) in [5.74, 6) is 0.469. The van der Waals surface area contributed by atoms with Crippen molar-refractivity contribution in [1.82, 2.24) is 4.98 Å². The molecule has 1 fully saturated rings. The molecule has 0 bridgehead atoms. The average Bonchev–Trinajstić information content (AvgIpc) is 2.78. The predicted octanol–water partition coefficient (Wildman–Crippen LogP) is 3.25. The van der Waals surface area contributed by atoms with Gasteiger partial charge in [-0.3, -0.25) is 9.59 Å². The Hall–Kier alpha value is -1.23. The van der Waals surface area contributed by atoms with Crippen LogP contribution in [0.1, 0.15) is 55.9 Å². The lowest BCUT2D eigenvalue weighted by molar-refractivity contribution is -0.117. The van der Waals surface area contributed by atoms with E-state index in [0.717, 1.165) is 12.8 Å². The van der Waals surface area contributed by atoms with Crippen molar-refractivity contribution in [2.24, 2.45) is 5.92 Å². The Morgan fingerprint density at radius 1 is 1.39 bits per heavy atom. The second kappa shape index (κ2) is 6.09. The Morgan fingerprint density at radius 2 is 2.11 bits per heavy atom. The molecule has 0 atom stereocenters. The lowest BCUT2D eigenvalue weighted by Gasteiger charge is -2.20. The van der Waals surface area contributed by atoms with Gasteiger partial charge in [0.1, 0.15) is 5.69 Å². The molecule has 1 amide bonds. The predicted molar refractivity (Wildman–Crippen MR) is 71.9 cm³/mol. The Morgan fingerprint density at radius 3 is 2.72 bits per heavy atom. The van der Waals surface area contributed by atoms with Crippen molar-refractivity contribution in [3.63, 3.8) is 0 Å². The first-order valence-electron chi connectivity index (χ1n) is 6.41. The van der Waals surface area contributed by atoms with Crippen molar-refractivity contribution in [3.8, 4) is 0 Å². The molecule has 98 valence electrons. The van der Waals surface area contributed by atoms with Crippen LogP contribution in [0, 0.1) is 5.92 Å². The molecule has 4 nitrogen and oxygen atoms in total. The number of hydrogen-bond donors (Lipinski definition) is 1. The molecule has 0 unspecified atom stereocenters. The van der Waals surface area contributed by atoms with Gasteiger partial charge < -0.3 is 5.32 Å². The van der Waals surface area contributed by atoms with Gasteiger partial charge in [0.15, 0.2) is 10.9 Å². The Balaban J connectivity index is 1.84. The number of thiazole rings is 1. The lowest BCUT2D eigenvalue weighted by atomic mass is 9.87. The van der Waals surface area contributed by atoms with Crippen molar-refractivity contribution in [1.29, 1.82) is 0 Å². The van der Waals surface area contributed by atoms with E-state index in [-0.39, 0.29) is 11.7 Å². The number of Topliss-reactive ketones (excluding diaryl/α,β-unsaturated/α-hetero) is 1. The monoisotopic (exact) mass is 266 g/mol. The number of carbonyl (C=O) groups is 2. The molecule has 0 spiro atoms. The van der Waals surface area contributed by atoms with Gasteiger partial charge in [0.05, 0.1) is 0 Å². The van der Waals surface area contributed by atoms with Crippen molar-refractivity contribution >= 4 is 28.2 Å². The smallest absolute Gasteiger partial charge is 0.226 e. The number of rotatable bonds is 4. The molecule has 2 rings (SSSR count). The topological polar surface area (TPSA) is 59.1 Å². The third-order valence-electron chi connectivity index (χ3n) is 3.31. The zero-order valence-corrected chi connectivity index (χ0v) is 11.4. The molecule has 1 aliphatic carbocycles. The van der Waals surface area contributed by atoms with E-state index in [2.05, 4.69) is 10.3 Å². The molecule has 1 aliphatic rings. The van der Waals surface area contributed by atoms with Crippen LogP contribution in [-0.4, -0.2) is 16.7 Å². The summed E-state index contributed by atoms with van der Waals surface area (Å²) in [5, 5.41) is 4.99. The first kappa shape index (κ1) is 13.2. The van der Waals surface area contributed by atoms with Crippen LogP contribution in [0.15, 0.2) is 5.38 Å². The van der Waals surface area contributed by atoms with Gasteiger partial charge >= 0.3 is 0 Å². The van der Waals surface area contributed by atoms with Crippen LogP contribution in [-0.2, 0) is 4.79 Å². The molecule has 5 heteroatoms. The van der Waals surface area contributed by atoms with Gasteiger partial charge in [-0.05, 0) is 18.8 Å². The van der Waals surface area contributed by atoms with E-state index in [1.165, 1.54) is 37.5 Å². The van der Waals surface area contributed by atoms with Crippen LogP contribution in [0.3, 0.4) is 0 Å². The number of nitrogens with zero attached hydrogens (tertiary/aromatic N) is 1. The van der Waals surface area contributed by atoms with E-state index in [1.807, 2.05) is 0 Å². The molecule has 0 aliphatic heterocycles. The Kier molecular flexibility index (Phi) is 4.47. The minimum atomic E-state index is -0.0703. The van der Waals surface area contributed by atoms with Gasteiger partial charge in [0.25, 0.3) is 0 Å². The van der Waals surface area contributed by atoms with Crippen molar-refractivity contribution < 1.29 is 9.59 Å².